The molecular formula is C15H14BrNOS. The first-order valence-electron chi connectivity index (χ1n) is 6.27. The van der Waals surface area contributed by atoms with Gasteiger partial charge in [-0.1, -0.05) is 24.3 Å². The van der Waals surface area contributed by atoms with E-state index in [-0.39, 0.29) is 5.91 Å². The molecule has 1 aromatic heterocycles. The first-order valence-corrected chi connectivity index (χ1v) is 7.88. The minimum atomic E-state index is 0.147. The lowest BCUT2D eigenvalue weighted by Gasteiger charge is -2.28. The van der Waals surface area contributed by atoms with E-state index >= 15 is 0 Å². The molecule has 19 heavy (non-hydrogen) atoms. The number of carbonyl (C=O) groups excluding carboxylic acids is 1. The molecular weight excluding hydrogens is 322 g/mol. The third-order valence-corrected chi connectivity index (χ3v) is 5.61. The molecule has 0 fully saturated rings. The van der Waals surface area contributed by atoms with Crippen molar-refractivity contribution in [1.82, 2.24) is 4.90 Å². The van der Waals surface area contributed by atoms with Crippen molar-refractivity contribution in [2.45, 2.75) is 19.9 Å². The summed E-state index contributed by atoms with van der Waals surface area (Å²) >= 11 is 5.00. The molecule has 3 rings (SSSR count). The highest BCUT2D eigenvalue weighted by Gasteiger charge is 2.23. The van der Waals surface area contributed by atoms with Crippen LogP contribution in [0.1, 0.15) is 26.4 Å². The third kappa shape index (κ3) is 2.47. The van der Waals surface area contributed by atoms with E-state index in [2.05, 4.69) is 34.1 Å². The molecule has 1 aliphatic rings. The van der Waals surface area contributed by atoms with Gasteiger partial charge in [-0.25, -0.2) is 0 Å². The van der Waals surface area contributed by atoms with E-state index in [0.717, 1.165) is 33.7 Å². The Morgan fingerprint density at radius 3 is 2.74 bits per heavy atom. The Bertz CT molecular complexity index is 615. The van der Waals surface area contributed by atoms with Crippen molar-refractivity contribution < 1.29 is 4.79 Å². The maximum Gasteiger partial charge on any atom is 0.264 e. The smallest absolute Gasteiger partial charge is 0.264 e. The van der Waals surface area contributed by atoms with Gasteiger partial charge in [0.15, 0.2) is 0 Å². The Hall–Kier alpha value is -1.13. The molecule has 0 spiro atoms. The number of benzene rings is 1. The zero-order chi connectivity index (χ0) is 13.4. The second kappa shape index (κ2) is 5.10. The Labute approximate surface area is 125 Å². The summed E-state index contributed by atoms with van der Waals surface area (Å²) in [5, 5.41) is 0. The zero-order valence-corrected chi connectivity index (χ0v) is 13.1. The predicted octanol–water partition coefficient (Wildman–Crippen LogP) is 4.02. The Morgan fingerprint density at radius 2 is 2.05 bits per heavy atom. The Balaban J connectivity index is 1.83. The van der Waals surface area contributed by atoms with E-state index < -0.39 is 0 Å². The van der Waals surface area contributed by atoms with Crippen LogP contribution in [0.15, 0.2) is 34.1 Å². The number of hydrogen-bond acceptors (Lipinski definition) is 2. The quantitative estimate of drug-likeness (QED) is 0.770. The van der Waals surface area contributed by atoms with Crippen LogP contribution in [0.2, 0.25) is 0 Å². The maximum atomic E-state index is 12.5. The van der Waals surface area contributed by atoms with Gasteiger partial charge in [0, 0.05) is 13.1 Å². The fourth-order valence-electron chi connectivity index (χ4n) is 2.39. The number of thiophene rings is 1. The molecule has 4 heteroatoms. The van der Waals surface area contributed by atoms with E-state index in [4.69, 9.17) is 0 Å². The van der Waals surface area contributed by atoms with Crippen molar-refractivity contribution in [1.29, 1.82) is 0 Å². The van der Waals surface area contributed by atoms with Gasteiger partial charge in [-0.05, 0) is 52.0 Å². The minimum absolute atomic E-state index is 0.147. The van der Waals surface area contributed by atoms with E-state index in [0.29, 0.717) is 0 Å². The highest BCUT2D eigenvalue weighted by Crippen LogP contribution is 2.29. The van der Waals surface area contributed by atoms with Gasteiger partial charge < -0.3 is 4.90 Å². The number of carbonyl (C=O) groups is 1. The topological polar surface area (TPSA) is 20.3 Å². The van der Waals surface area contributed by atoms with Gasteiger partial charge in [-0.2, -0.15) is 0 Å². The SMILES string of the molecule is Cc1cc(C(=O)N2CCc3ccccc3C2)sc1Br. The van der Waals surface area contributed by atoms with Crippen molar-refractivity contribution in [3.63, 3.8) is 0 Å². The first-order chi connectivity index (χ1) is 9.15. The van der Waals surface area contributed by atoms with Crippen molar-refractivity contribution in [3.05, 3.63) is 55.7 Å². The lowest BCUT2D eigenvalue weighted by atomic mass is 10.00. The molecule has 1 aliphatic heterocycles. The zero-order valence-electron chi connectivity index (χ0n) is 10.6. The number of halogens is 1. The van der Waals surface area contributed by atoms with Gasteiger partial charge >= 0.3 is 0 Å². The number of hydrogen-bond donors (Lipinski definition) is 0. The third-order valence-electron chi connectivity index (χ3n) is 3.49. The largest absolute Gasteiger partial charge is 0.333 e. The van der Waals surface area contributed by atoms with Crippen LogP contribution in [-0.4, -0.2) is 17.4 Å². The monoisotopic (exact) mass is 335 g/mol. The fraction of sp³-hybridized carbons (Fsp3) is 0.267. The van der Waals surface area contributed by atoms with Crippen LogP contribution in [-0.2, 0) is 13.0 Å². The van der Waals surface area contributed by atoms with E-state index in [1.165, 1.54) is 22.5 Å². The van der Waals surface area contributed by atoms with E-state index in [1.807, 2.05) is 24.0 Å². The van der Waals surface area contributed by atoms with Crippen LogP contribution in [0.3, 0.4) is 0 Å². The van der Waals surface area contributed by atoms with Gasteiger partial charge in [0.05, 0.1) is 8.66 Å². The average molecular weight is 336 g/mol. The van der Waals surface area contributed by atoms with Crippen LogP contribution in [0.5, 0.6) is 0 Å². The van der Waals surface area contributed by atoms with Crippen LogP contribution in [0.25, 0.3) is 0 Å². The highest BCUT2D eigenvalue weighted by atomic mass is 79.9. The second-order valence-electron chi connectivity index (χ2n) is 4.81. The van der Waals surface area contributed by atoms with Crippen molar-refractivity contribution in [3.8, 4) is 0 Å². The predicted molar refractivity (Wildman–Crippen MR) is 81.6 cm³/mol. The number of fused-ring (bicyclic) bond motifs is 1. The number of rotatable bonds is 1. The molecule has 1 amide bonds. The molecule has 0 saturated carbocycles. The summed E-state index contributed by atoms with van der Waals surface area (Å²) < 4.78 is 1.05. The summed E-state index contributed by atoms with van der Waals surface area (Å²) in [4.78, 5) is 15.3. The summed E-state index contributed by atoms with van der Waals surface area (Å²) in [5.41, 5.74) is 3.77. The van der Waals surface area contributed by atoms with Gasteiger partial charge in [-0.3, -0.25) is 4.79 Å². The lowest BCUT2D eigenvalue weighted by molar-refractivity contribution is 0.0739. The number of aryl methyl sites for hydroxylation is 1. The molecule has 0 atom stereocenters. The van der Waals surface area contributed by atoms with Gasteiger partial charge in [0.2, 0.25) is 0 Å². The molecule has 0 N–H and O–H groups in total. The van der Waals surface area contributed by atoms with Crippen LogP contribution >= 0.6 is 27.3 Å². The lowest BCUT2D eigenvalue weighted by Crippen LogP contribution is -2.35. The van der Waals surface area contributed by atoms with Crippen molar-refractivity contribution in [2.24, 2.45) is 0 Å². The Kier molecular flexibility index (Phi) is 3.46. The average Bonchev–Trinajstić information content (AvgIpc) is 2.77. The standard InChI is InChI=1S/C15H14BrNOS/c1-10-8-13(19-14(10)16)15(18)17-7-6-11-4-2-3-5-12(11)9-17/h2-5,8H,6-7,9H2,1H3. The molecule has 0 saturated heterocycles. The summed E-state index contributed by atoms with van der Waals surface area (Å²) in [7, 11) is 0. The van der Waals surface area contributed by atoms with E-state index in [9.17, 15) is 4.79 Å². The van der Waals surface area contributed by atoms with E-state index in [1.54, 1.807) is 0 Å². The van der Waals surface area contributed by atoms with Crippen LogP contribution in [0, 0.1) is 6.92 Å². The molecule has 0 unspecified atom stereocenters. The summed E-state index contributed by atoms with van der Waals surface area (Å²) in [5.74, 6) is 0.147. The number of amides is 1. The van der Waals surface area contributed by atoms with Crippen molar-refractivity contribution in [2.75, 3.05) is 6.54 Å². The second-order valence-corrected chi connectivity index (χ2v) is 7.18. The Morgan fingerprint density at radius 1 is 1.32 bits per heavy atom. The number of nitrogens with zero attached hydrogens (tertiary/aromatic N) is 1. The highest BCUT2D eigenvalue weighted by molar-refractivity contribution is 9.11. The normalized spacial score (nSPS) is 14.3. The molecule has 0 radical (unpaired) electrons. The molecule has 98 valence electrons. The van der Waals surface area contributed by atoms with Crippen LogP contribution in [0.4, 0.5) is 0 Å². The van der Waals surface area contributed by atoms with Gasteiger partial charge in [0.25, 0.3) is 5.91 Å². The summed E-state index contributed by atoms with van der Waals surface area (Å²) in [6.45, 7) is 3.55. The molecule has 2 heterocycles. The fourth-order valence-corrected chi connectivity index (χ4v) is 3.89. The summed E-state index contributed by atoms with van der Waals surface area (Å²) in [6.07, 6.45) is 0.952. The maximum absolute atomic E-state index is 12.5. The van der Waals surface area contributed by atoms with Crippen molar-refractivity contribution >= 4 is 33.2 Å². The molecule has 1 aromatic carbocycles. The molecule has 0 bridgehead atoms. The summed E-state index contributed by atoms with van der Waals surface area (Å²) in [6, 6.07) is 10.3. The molecule has 2 aromatic rings. The van der Waals surface area contributed by atoms with Gasteiger partial charge in [-0.15, -0.1) is 11.3 Å². The molecule has 0 aliphatic carbocycles. The van der Waals surface area contributed by atoms with Crippen LogP contribution < -0.4 is 0 Å². The first kappa shape index (κ1) is 12.9. The minimum Gasteiger partial charge on any atom is -0.333 e. The van der Waals surface area contributed by atoms with Gasteiger partial charge in [0.1, 0.15) is 0 Å². The molecule has 2 nitrogen and oxygen atoms in total.